The van der Waals surface area contributed by atoms with E-state index in [9.17, 15) is 9.59 Å². The maximum atomic E-state index is 13.0. The van der Waals surface area contributed by atoms with Crippen LogP contribution in [0.4, 0.5) is 5.69 Å². The van der Waals surface area contributed by atoms with Gasteiger partial charge in [0.15, 0.2) is 12.7 Å². The van der Waals surface area contributed by atoms with Crippen molar-refractivity contribution in [1.29, 1.82) is 0 Å². The molecule has 3 rings (SSSR count). The molecule has 0 aromatic heterocycles. The van der Waals surface area contributed by atoms with Crippen molar-refractivity contribution in [3.05, 3.63) is 52.5 Å². The van der Waals surface area contributed by atoms with Crippen LogP contribution in [0, 0.1) is 6.92 Å². The van der Waals surface area contributed by atoms with Gasteiger partial charge >= 0.3 is 0 Å². The highest BCUT2D eigenvalue weighted by atomic mass is 35.5. The van der Waals surface area contributed by atoms with Gasteiger partial charge in [-0.1, -0.05) is 37.6 Å². The molecule has 29 heavy (non-hydrogen) atoms. The van der Waals surface area contributed by atoms with E-state index in [4.69, 9.17) is 21.1 Å². The lowest BCUT2D eigenvalue weighted by molar-refractivity contribution is -0.128. The smallest absolute Gasteiger partial charge is 0.265 e. The van der Waals surface area contributed by atoms with Gasteiger partial charge in [-0.2, -0.15) is 0 Å². The molecular formula is C22H25ClN2O4. The fourth-order valence-corrected chi connectivity index (χ4v) is 3.40. The number of aryl methyl sites for hydroxylation is 1. The largest absolute Gasteiger partial charge is 0.483 e. The van der Waals surface area contributed by atoms with E-state index in [1.807, 2.05) is 39.0 Å². The lowest BCUT2D eigenvalue weighted by Crippen LogP contribution is -2.51. The molecule has 0 bridgehead atoms. The number of halogens is 1. The van der Waals surface area contributed by atoms with Crippen LogP contribution in [-0.2, 0) is 9.59 Å². The molecule has 2 aromatic carbocycles. The normalized spacial score (nSPS) is 15.5. The molecule has 0 saturated carbocycles. The third-order valence-corrected chi connectivity index (χ3v) is 5.28. The highest BCUT2D eigenvalue weighted by Crippen LogP contribution is 2.34. The Balaban J connectivity index is 1.82. The van der Waals surface area contributed by atoms with Crippen LogP contribution in [-0.4, -0.2) is 38.1 Å². The summed E-state index contributed by atoms with van der Waals surface area (Å²) in [6.45, 7) is 5.95. The third-order valence-electron chi connectivity index (χ3n) is 4.88. The number of benzene rings is 2. The van der Waals surface area contributed by atoms with Gasteiger partial charge < -0.3 is 19.7 Å². The molecule has 0 aliphatic carbocycles. The molecule has 0 radical (unpaired) electrons. The van der Waals surface area contributed by atoms with Gasteiger partial charge in [0.1, 0.15) is 11.5 Å². The molecule has 0 spiro atoms. The summed E-state index contributed by atoms with van der Waals surface area (Å²) >= 11 is 6.25. The number of hydrogen-bond donors (Lipinski definition) is 1. The van der Waals surface area contributed by atoms with Gasteiger partial charge in [0.25, 0.3) is 11.8 Å². The molecule has 1 atom stereocenters. The van der Waals surface area contributed by atoms with Crippen LogP contribution in [0.3, 0.4) is 0 Å². The summed E-state index contributed by atoms with van der Waals surface area (Å²) in [4.78, 5) is 26.6. The minimum absolute atomic E-state index is 0.121. The fraction of sp³-hybridized carbons (Fsp3) is 0.364. The first kappa shape index (κ1) is 21.0. The Morgan fingerprint density at radius 2 is 2.03 bits per heavy atom. The van der Waals surface area contributed by atoms with Crippen LogP contribution in [0.2, 0.25) is 5.02 Å². The topological polar surface area (TPSA) is 67.9 Å². The average Bonchev–Trinajstić information content (AvgIpc) is 2.72. The molecule has 7 heteroatoms. The summed E-state index contributed by atoms with van der Waals surface area (Å²) in [7, 11) is 1.54. The predicted molar refractivity (Wildman–Crippen MR) is 113 cm³/mol. The first-order chi connectivity index (χ1) is 13.8. The van der Waals surface area contributed by atoms with E-state index in [1.165, 1.54) is 11.9 Å². The van der Waals surface area contributed by atoms with E-state index in [1.54, 1.807) is 18.2 Å². The molecule has 2 aromatic rings. The third kappa shape index (κ3) is 4.48. The monoisotopic (exact) mass is 416 g/mol. The zero-order valence-electron chi connectivity index (χ0n) is 17.0. The van der Waals surface area contributed by atoms with Crippen molar-refractivity contribution in [2.45, 2.75) is 32.8 Å². The van der Waals surface area contributed by atoms with Crippen molar-refractivity contribution in [2.75, 3.05) is 25.1 Å². The zero-order chi connectivity index (χ0) is 21.1. The van der Waals surface area contributed by atoms with Gasteiger partial charge in [-0.15, -0.1) is 0 Å². The van der Waals surface area contributed by atoms with Crippen LogP contribution in [0.1, 0.15) is 30.9 Å². The van der Waals surface area contributed by atoms with Gasteiger partial charge in [-0.25, -0.2) is 0 Å². The molecule has 0 fully saturated rings. The number of likely N-dealkylation sites (N-methyl/N-ethyl adjacent to an activating group) is 1. The van der Waals surface area contributed by atoms with Crippen molar-refractivity contribution in [1.82, 2.24) is 5.32 Å². The maximum Gasteiger partial charge on any atom is 0.265 e. The van der Waals surface area contributed by atoms with Crippen LogP contribution in [0.15, 0.2) is 36.4 Å². The fourth-order valence-electron chi connectivity index (χ4n) is 3.23. The van der Waals surface area contributed by atoms with Gasteiger partial charge in [0.2, 0.25) is 0 Å². The van der Waals surface area contributed by atoms with E-state index in [-0.39, 0.29) is 30.9 Å². The van der Waals surface area contributed by atoms with Gasteiger partial charge in [0.05, 0.1) is 12.2 Å². The Labute approximate surface area is 175 Å². The van der Waals surface area contributed by atoms with E-state index in [2.05, 4.69) is 5.32 Å². The second-order valence-corrected chi connectivity index (χ2v) is 7.68. The average molecular weight is 417 g/mol. The number of para-hydroxylation sites is 2. The number of nitrogens with zero attached hydrogens (tertiary/aromatic N) is 1. The molecule has 0 unspecified atom stereocenters. The summed E-state index contributed by atoms with van der Waals surface area (Å²) in [6, 6.07) is 10.9. The second-order valence-electron chi connectivity index (χ2n) is 7.28. The minimum Gasteiger partial charge on any atom is -0.483 e. The maximum absolute atomic E-state index is 13.0. The number of carbonyl (C=O) groups excluding carboxylic acids is 2. The molecule has 0 saturated heterocycles. The Morgan fingerprint density at radius 3 is 2.72 bits per heavy atom. The molecule has 2 amide bonds. The van der Waals surface area contributed by atoms with E-state index < -0.39 is 6.10 Å². The van der Waals surface area contributed by atoms with Crippen molar-refractivity contribution >= 4 is 29.1 Å². The highest BCUT2D eigenvalue weighted by Gasteiger charge is 2.33. The van der Waals surface area contributed by atoms with Gasteiger partial charge in [-0.05, 0) is 48.2 Å². The van der Waals surface area contributed by atoms with Crippen LogP contribution >= 0.6 is 11.6 Å². The molecule has 1 heterocycles. The van der Waals surface area contributed by atoms with E-state index in [0.717, 1.165) is 11.1 Å². The summed E-state index contributed by atoms with van der Waals surface area (Å²) in [6.07, 6.45) is -0.775. The molecule has 1 N–H and O–H groups in total. The highest BCUT2D eigenvalue weighted by molar-refractivity contribution is 6.31. The van der Waals surface area contributed by atoms with Gasteiger partial charge in [0, 0.05) is 12.1 Å². The van der Waals surface area contributed by atoms with Crippen molar-refractivity contribution < 1.29 is 19.1 Å². The first-order valence-corrected chi connectivity index (χ1v) is 9.90. The van der Waals surface area contributed by atoms with Crippen molar-refractivity contribution in [3.8, 4) is 11.5 Å². The number of ether oxygens (including phenoxy) is 2. The SMILES string of the molecule is CNC(=O)[C@H]1CN(C(=O)COc2cc(C)c(Cl)cc2C(C)C)c2ccccc2O1. The van der Waals surface area contributed by atoms with E-state index >= 15 is 0 Å². The van der Waals surface area contributed by atoms with E-state index in [0.29, 0.717) is 22.2 Å². The Morgan fingerprint density at radius 1 is 1.31 bits per heavy atom. The molecule has 1 aliphatic heterocycles. The number of hydrogen-bond acceptors (Lipinski definition) is 4. The summed E-state index contributed by atoms with van der Waals surface area (Å²) in [5.41, 5.74) is 2.45. The number of carbonyl (C=O) groups is 2. The Kier molecular flexibility index (Phi) is 6.33. The lowest BCUT2D eigenvalue weighted by atomic mass is 10.0. The van der Waals surface area contributed by atoms with Crippen molar-refractivity contribution in [3.63, 3.8) is 0 Å². The van der Waals surface area contributed by atoms with Crippen LogP contribution in [0.25, 0.3) is 0 Å². The van der Waals surface area contributed by atoms with Crippen molar-refractivity contribution in [2.24, 2.45) is 0 Å². The zero-order valence-corrected chi connectivity index (χ0v) is 17.7. The van der Waals surface area contributed by atoms with Crippen LogP contribution < -0.4 is 19.7 Å². The lowest BCUT2D eigenvalue weighted by Gasteiger charge is -2.34. The molecule has 6 nitrogen and oxygen atoms in total. The number of nitrogens with one attached hydrogen (secondary N) is 1. The summed E-state index contributed by atoms with van der Waals surface area (Å²) in [5, 5.41) is 3.24. The standard InChI is InChI=1S/C22H25ClN2O4/c1-13(2)15-10-16(23)14(3)9-19(15)28-12-21(26)25-11-20(22(27)24-4)29-18-8-6-5-7-17(18)25/h5-10,13,20H,11-12H2,1-4H3,(H,24,27)/t20-/m1/s1. The molecule has 1 aliphatic rings. The second kappa shape index (κ2) is 8.74. The summed E-state index contributed by atoms with van der Waals surface area (Å²) < 4.78 is 11.6. The predicted octanol–water partition coefficient (Wildman–Crippen LogP) is 3.69. The first-order valence-electron chi connectivity index (χ1n) is 9.52. The molecular weight excluding hydrogens is 392 g/mol. The number of fused-ring (bicyclic) bond motifs is 1. The quantitative estimate of drug-likeness (QED) is 0.807. The summed E-state index contributed by atoms with van der Waals surface area (Å²) in [5.74, 6) is 0.788. The molecule has 154 valence electrons. The van der Waals surface area contributed by atoms with Gasteiger partial charge in [-0.3, -0.25) is 9.59 Å². The number of rotatable bonds is 5. The Hall–Kier alpha value is -2.73. The number of amides is 2. The minimum atomic E-state index is -0.775. The van der Waals surface area contributed by atoms with Crippen LogP contribution in [0.5, 0.6) is 11.5 Å². The Bertz CT molecular complexity index is 929. The number of anilines is 1.